The molecule has 1 amide bonds. The molecule has 0 bridgehead atoms. The molecule has 0 radical (unpaired) electrons. The Labute approximate surface area is 345 Å². The second-order valence-electron chi connectivity index (χ2n) is 14.5. The molecule has 0 saturated carbocycles. The van der Waals surface area contributed by atoms with Crippen LogP contribution in [0.4, 0.5) is 0 Å². The molecule has 0 aromatic heterocycles. The highest BCUT2D eigenvalue weighted by Gasteiger charge is 2.53. The second-order valence-corrected chi connectivity index (χ2v) is 14.5. The first-order valence-electron chi connectivity index (χ1n) is 19.8. The molecule has 2 fully saturated rings. The van der Waals surface area contributed by atoms with Gasteiger partial charge in [-0.15, -0.1) is 0 Å². The van der Waals surface area contributed by atoms with Crippen LogP contribution in [0.3, 0.4) is 0 Å². The van der Waals surface area contributed by atoms with Gasteiger partial charge in [0.2, 0.25) is 5.91 Å². The molecule has 2 aliphatic heterocycles. The summed E-state index contributed by atoms with van der Waals surface area (Å²) in [5.74, 6) is -1.76. The summed E-state index contributed by atoms with van der Waals surface area (Å²) in [7, 11) is 0. The van der Waals surface area contributed by atoms with Crippen molar-refractivity contribution in [3.8, 4) is 0 Å². The van der Waals surface area contributed by atoms with E-state index in [1.165, 1.54) is 20.8 Å². The zero-order valence-electron chi connectivity index (χ0n) is 33.8. The molecule has 10 atom stereocenters. The predicted molar refractivity (Wildman–Crippen MR) is 214 cm³/mol. The van der Waals surface area contributed by atoms with E-state index in [0.717, 1.165) is 22.3 Å². The molecule has 6 rings (SSSR count). The standard InChI is InChI=1S/C46H53NO12/c1-30-40(51-25-34-17-9-5-10-18-34)43(52-26-35-19-11-6-12-20-35)44(53-27-36-21-13-7-14-22-36)46(56-30)55-29-38-41(57-32(3)49)42(58-33(4)50)39(47-31(2)48)45(59-38)54-28-37-23-15-8-16-24-37/h5-24,30,38-46H,25-29H2,1-4H3,(H,47,48)/t30-,38+,39+,40+,41+,42+,43+,44-,45-,46+/m0/s1. The van der Waals surface area contributed by atoms with E-state index in [4.69, 9.17) is 42.6 Å². The Hall–Kier alpha value is -4.99. The summed E-state index contributed by atoms with van der Waals surface area (Å²) in [6.07, 6.45) is -8.35. The van der Waals surface area contributed by atoms with Crippen molar-refractivity contribution in [2.75, 3.05) is 6.61 Å². The van der Waals surface area contributed by atoms with Crippen molar-refractivity contribution in [1.29, 1.82) is 0 Å². The van der Waals surface area contributed by atoms with Crippen LogP contribution in [0.1, 0.15) is 49.9 Å². The minimum atomic E-state index is -1.22. The monoisotopic (exact) mass is 811 g/mol. The molecule has 4 aromatic carbocycles. The quantitative estimate of drug-likeness (QED) is 0.121. The Morgan fingerprint density at radius 1 is 0.492 bits per heavy atom. The van der Waals surface area contributed by atoms with Gasteiger partial charge in [-0.25, -0.2) is 0 Å². The van der Waals surface area contributed by atoms with Gasteiger partial charge in [0.1, 0.15) is 30.5 Å². The van der Waals surface area contributed by atoms with Crippen LogP contribution in [0.15, 0.2) is 121 Å². The van der Waals surface area contributed by atoms with Crippen LogP contribution in [-0.4, -0.2) is 85.8 Å². The Morgan fingerprint density at radius 2 is 0.915 bits per heavy atom. The van der Waals surface area contributed by atoms with Gasteiger partial charge in [0, 0.05) is 20.8 Å². The van der Waals surface area contributed by atoms with E-state index in [1.54, 1.807) is 0 Å². The number of hydrogen-bond acceptors (Lipinski definition) is 12. The fraction of sp³-hybridized carbons (Fsp3) is 0.413. The minimum Gasteiger partial charge on any atom is -0.456 e. The van der Waals surface area contributed by atoms with Gasteiger partial charge in [-0.05, 0) is 29.2 Å². The molecule has 0 unspecified atom stereocenters. The van der Waals surface area contributed by atoms with Gasteiger partial charge in [0.05, 0.1) is 39.1 Å². The molecule has 314 valence electrons. The minimum absolute atomic E-state index is 0.101. The number of esters is 2. The third-order valence-corrected chi connectivity index (χ3v) is 9.89. The van der Waals surface area contributed by atoms with Crippen LogP contribution in [0, 0.1) is 0 Å². The lowest BCUT2D eigenvalue weighted by atomic mass is 9.95. The van der Waals surface area contributed by atoms with Crippen molar-refractivity contribution < 1.29 is 57.0 Å². The highest BCUT2D eigenvalue weighted by atomic mass is 16.7. The van der Waals surface area contributed by atoms with Gasteiger partial charge in [0.15, 0.2) is 24.8 Å². The fourth-order valence-electron chi connectivity index (χ4n) is 7.18. The van der Waals surface area contributed by atoms with Gasteiger partial charge < -0.3 is 47.9 Å². The van der Waals surface area contributed by atoms with Crippen LogP contribution in [-0.2, 0) is 83.4 Å². The Morgan fingerprint density at radius 3 is 1.37 bits per heavy atom. The molecular formula is C46H53NO12. The summed E-state index contributed by atoms with van der Waals surface area (Å²) in [4.78, 5) is 37.7. The lowest BCUT2D eigenvalue weighted by molar-refractivity contribution is -0.334. The van der Waals surface area contributed by atoms with E-state index in [0.29, 0.717) is 6.61 Å². The van der Waals surface area contributed by atoms with E-state index in [2.05, 4.69) is 5.32 Å². The number of benzene rings is 4. The van der Waals surface area contributed by atoms with Crippen molar-refractivity contribution >= 4 is 17.8 Å². The molecule has 0 aliphatic carbocycles. The molecule has 2 saturated heterocycles. The molecule has 13 nitrogen and oxygen atoms in total. The third-order valence-electron chi connectivity index (χ3n) is 9.89. The maximum Gasteiger partial charge on any atom is 0.303 e. The normalized spacial score (nSPS) is 26.7. The van der Waals surface area contributed by atoms with E-state index in [9.17, 15) is 14.4 Å². The average molecular weight is 812 g/mol. The van der Waals surface area contributed by atoms with Gasteiger partial charge in [-0.2, -0.15) is 0 Å². The predicted octanol–water partition coefficient (Wildman–Crippen LogP) is 5.81. The van der Waals surface area contributed by atoms with E-state index < -0.39 is 79.2 Å². The summed E-state index contributed by atoms with van der Waals surface area (Å²) in [6.45, 7) is 6.30. The van der Waals surface area contributed by atoms with Crippen LogP contribution in [0.5, 0.6) is 0 Å². The van der Waals surface area contributed by atoms with Crippen LogP contribution < -0.4 is 5.32 Å². The number of hydrogen-bond donors (Lipinski definition) is 1. The first-order valence-corrected chi connectivity index (χ1v) is 19.8. The van der Waals surface area contributed by atoms with E-state index >= 15 is 0 Å². The summed E-state index contributed by atoms with van der Waals surface area (Å²) in [5.41, 5.74) is 3.70. The number of rotatable bonds is 18. The van der Waals surface area contributed by atoms with E-state index in [-0.39, 0.29) is 26.4 Å². The number of ether oxygens (including phenoxy) is 9. The van der Waals surface area contributed by atoms with Crippen molar-refractivity contribution in [2.24, 2.45) is 0 Å². The summed E-state index contributed by atoms with van der Waals surface area (Å²) < 4.78 is 57.4. The Balaban J connectivity index is 1.30. The molecule has 13 heteroatoms. The van der Waals surface area contributed by atoms with Crippen molar-refractivity contribution in [1.82, 2.24) is 5.32 Å². The van der Waals surface area contributed by atoms with Crippen molar-refractivity contribution in [3.63, 3.8) is 0 Å². The summed E-state index contributed by atoms with van der Waals surface area (Å²) >= 11 is 0. The van der Waals surface area contributed by atoms with Crippen LogP contribution >= 0.6 is 0 Å². The first-order chi connectivity index (χ1) is 28.6. The molecule has 59 heavy (non-hydrogen) atoms. The summed E-state index contributed by atoms with van der Waals surface area (Å²) in [5, 5.41) is 2.79. The van der Waals surface area contributed by atoms with Gasteiger partial charge in [-0.3, -0.25) is 14.4 Å². The summed E-state index contributed by atoms with van der Waals surface area (Å²) in [6, 6.07) is 37.7. The van der Waals surface area contributed by atoms with Gasteiger partial charge in [0.25, 0.3) is 0 Å². The van der Waals surface area contributed by atoms with E-state index in [1.807, 2.05) is 128 Å². The van der Waals surface area contributed by atoms with Crippen LogP contribution in [0.2, 0.25) is 0 Å². The molecule has 0 spiro atoms. The smallest absolute Gasteiger partial charge is 0.303 e. The number of amides is 1. The number of nitrogens with one attached hydrogen (secondary N) is 1. The van der Waals surface area contributed by atoms with Gasteiger partial charge >= 0.3 is 11.9 Å². The van der Waals surface area contributed by atoms with Crippen molar-refractivity contribution in [2.45, 2.75) is 115 Å². The zero-order chi connectivity index (χ0) is 41.6. The Kier molecular flexibility index (Phi) is 16.1. The molecular weight excluding hydrogens is 759 g/mol. The Bertz CT molecular complexity index is 1890. The van der Waals surface area contributed by atoms with Crippen molar-refractivity contribution in [3.05, 3.63) is 144 Å². The average Bonchev–Trinajstić information content (AvgIpc) is 3.23. The maximum atomic E-state index is 12.6. The molecule has 2 aliphatic rings. The third kappa shape index (κ3) is 12.8. The van der Waals surface area contributed by atoms with Crippen LogP contribution in [0.25, 0.3) is 0 Å². The largest absolute Gasteiger partial charge is 0.456 e. The molecule has 1 N–H and O–H groups in total. The first kappa shape index (κ1) is 43.6. The van der Waals surface area contributed by atoms with Gasteiger partial charge in [-0.1, -0.05) is 121 Å². The highest BCUT2D eigenvalue weighted by molar-refractivity contribution is 5.73. The lowest BCUT2D eigenvalue weighted by Gasteiger charge is -2.47. The molecule has 4 aromatic rings. The number of carbonyl (C=O) groups excluding carboxylic acids is 3. The highest BCUT2D eigenvalue weighted by Crippen LogP contribution is 2.33. The number of carbonyl (C=O) groups is 3. The zero-order valence-corrected chi connectivity index (χ0v) is 33.8. The topological polar surface area (TPSA) is 146 Å². The fourth-order valence-corrected chi connectivity index (χ4v) is 7.18. The SMILES string of the molecule is CC(=O)N[C@H]1[C@@H](OCc2ccccc2)O[C@H](CO[C@@H]2O[C@@H](C)[C@@H](OCc3ccccc3)[C@@H](OCc3ccccc3)[C@@H]2OCc2ccccc2)[C@@H](OC(C)=O)[C@@H]1OC(C)=O. The maximum absolute atomic E-state index is 12.6. The molecule has 2 heterocycles. The second kappa shape index (κ2) is 21.9. The lowest BCUT2D eigenvalue weighted by Crippen LogP contribution is -2.67.